The van der Waals surface area contributed by atoms with E-state index in [1.54, 1.807) is 11.0 Å². The fraction of sp³-hybridized carbons (Fsp3) is 0.588. The second kappa shape index (κ2) is 7.44. The first-order valence-electron chi connectivity index (χ1n) is 8.30. The molecule has 1 fully saturated rings. The molecule has 0 aliphatic carbocycles. The number of nitro groups is 1. The Labute approximate surface area is 137 Å². The van der Waals surface area contributed by atoms with Crippen LogP contribution in [-0.2, 0) is 0 Å². The first kappa shape index (κ1) is 17.2. The Balaban J connectivity index is 2.40. The van der Waals surface area contributed by atoms with Gasteiger partial charge in [-0.15, -0.1) is 0 Å². The monoisotopic (exact) mass is 319 g/mol. The lowest BCUT2D eigenvalue weighted by atomic mass is 9.97. The molecular formula is C17H25N3O3. The highest BCUT2D eigenvalue weighted by atomic mass is 16.6. The molecule has 1 saturated heterocycles. The lowest BCUT2D eigenvalue weighted by Crippen LogP contribution is -2.36. The molecule has 0 N–H and O–H groups in total. The van der Waals surface area contributed by atoms with Gasteiger partial charge in [0.05, 0.1) is 16.2 Å². The standard InChI is InChI=1S/C17H25N3O3/c1-4-18(5-2)17(21)15-12-14(20(22)23)6-7-16(15)19-10-8-13(3)9-11-19/h6-7,12-13H,4-5,8-11H2,1-3H3. The van der Waals surface area contributed by atoms with Crippen LogP contribution in [-0.4, -0.2) is 41.9 Å². The highest BCUT2D eigenvalue weighted by molar-refractivity contribution is 6.00. The van der Waals surface area contributed by atoms with Gasteiger partial charge in [0.2, 0.25) is 0 Å². The van der Waals surface area contributed by atoms with E-state index in [0.29, 0.717) is 24.6 Å². The van der Waals surface area contributed by atoms with Gasteiger partial charge in [-0.3, -0.25) is 14.9 Å². The molecule has 23 heavy (non-hydrogen) atoms. The smallest absolute Gasteiger partial charge is 0.270 e. The summed E-state index contributed by atoms with van der Waals surface area (Å²) in [5, 5.41) is 11.1. The van der Waals surface area contributed by atoms with Gasteiger partial charge in [0.15, 0.2) is 0 Å². The molecule has 0 saturated carbocycles. The van der Waals surface area contributed by atoms with Crippen molar-refractivity contribution in [2.75, 3.05) is 31.1 Å². The van der Waals surface area contributed by atoms with Gasteiger partial charge >= 0.3 is 0 Å². The Morgan fingerprint density at radius 2 is 1.91 bits per heavy atom. The van der Waals surface area contributed by atoms with Gasteiger partial charge < -0.3 is 9.80 Å². The molecule has 2 rings (SSSR count). The lowest BCUT2D eigenvalue weighted by molar-refractivity contribution is -0.384. The molecule has 0 bridgehead atoms. The molecule has 0 radical (unpaired) electrons. The Morgan fingerprint density at radius 1 is 1.30 bits per heavy atom. The van der Waals surface area contributed by atoms with Crippen molar-refractivity contribution in [2.45, 2.75) is 33.6 Å². The summed E-state index contributed by atoms with van der Waals surface area (Å²) >= 11 is 0. The zero-order valence-electron chi connectivity index (χ0n) is 14.1. The van der Waals surface area contributed by atoms with Crippen molar-refractivity contribution < 1.29 is 9.72 Å². The molecule has 0 aromatic heterocycles. The molecule has 1 aromatic rings. The SMILES string of the molecule is CCN(CC)C(=O)c1cc([N+](=O)[O-])ccc1N1CCC(C)CC1. The Bertz CT molecular complexity index is 576. The van der Waals surface area contributed by atoms with Gasteiger partial charge in [-0.25, -0.2) is 0 Å². The van der Waals surface area contributed by atoms with Crippen LogP contribution in [0.5, 0.6) is 0 Å². The van der Waals surface area contributed by atoms with Crippen LogP contribution in [0.4, 0.5) is 11.4 Å². The molecule has 1 aromatic carbocycles. The van der Waals surface area contributed by atoms with Crippen LogP contribution in [0.2, 0.25) is 0 Å². The first-order chi connectivity index (χ1) is 11.0. The van der Waals surface area contributed by atoms with E-state index >= 15 is 0 Å². The van der Waals surface area contributed by atoms with Crippen molar-refractivity contribution in [3.63, 3.8) is 0 Å². The average Bonchev–Trinajstić information content (AvgIpc) is 2.56. The van der Waals surface area contributed by atoms with Crippen LogP contribution >= 0.6 is 0 Å². The number of non-ortho nitro benzene ring substituents is 1. The molecule has 1 aliphatic heterocycles. The van der Waals surface area contributed by atoms with Crippen molar-refractivity contribution >= 4 is 17.3 Å². The van der Waals surface area contributed by atoms with E-state index in [9.17, 15) is 14.9 Å². The summed E-state index contributed by atoms with van der Waals surface area (Å²) in [5.74, 6) is 0.554. The maximum atomic E-state index is 12.8. The van der Waals surface area contributed by atoms with Crippen molar-refractivity contribution in [1.29, 1.82) is 0 Å². The molecule has 6 nitrogen and oxygen atoms in total. The number of benzene rings is 1. The van der Waals surface area contributed by atoms with Gasteiger partial charge in [-0.2, -0.15) is 0 Å². The number of hydrogen-bond donors (Lipinski definition) is 0. The highest BCUT2D eigenvalue weighted by Crippen LogP contribution is 2.30. The van der Waals surface area contributed by atoms with Crippen LogP contribution in [0.25, 0.3) is 0 Å². The number of nitrogens with zero attached hydrogens (tertiary/aromatic N) is 3. The quantitative estimate of drug-likeness (QED) is 0.617. The Kier molecular flexibility index (Phi) is 5.58. The third-order valence-electron chi connectivity index (χ3n) is 4.60. The van der Waals surface area contributed by atoms with Crippen molar-refractivity contribution in [1.82, 2.24) is 4.90 Å². The van der Waals surface area contributed by atoms with Crippen molar-refractivity contribution in [3.8, 4) is 0 Å². The van der Waals surface area contributed by atoms with E-state index in [2.05, 4.69) is 11.8 Å². The van der Waals surface area contributed by atoms with Gasteiger partial charge in [0.1, 0.15) is 0 Å². The summed E-state index contributed by atoms with van der Waals surface area (Å²) in [4.78, 5) is 27.3. The molecular weight excluding hydrogens is 294 g/mol. The van der Waals surface area contributed by atoms with Crippen LogP contribution in [0, 0.1) is 16.0 Å². The molecule has 6 heteroatoms. The maximum Gasteiger partial charge on any atom is 0.270 e. The number of piperidine rings is 1. The summed E-state index contributed by atoms with van der Waals surface area (Å²) in [7, 11) is 0. The number of carbonyl (C=O) groups excluding carboxylic acids is 1. The number of anilines is 1. The number of hydrogen-bond acceptors (Lipinski definition) is 4. The van der Waals surface area contributed by atoms with E-state index in [-0.39, 0.29) is 11.6 Å². The number of carbonyl (C=O) groups is 1. The molecule has 0 spiro atoms. The van der Waals surface area contributed by atoms with Gasteiger partial charge in [-0.05, 0) is 38.7 Å². The maximum absolute atomic E-state index is 12.8. The minimum atomic E-state index is -0.443. The minimum absolute atomic E-state index is 0.0327. The molecule has 0 atom stereocenters. The highest BCUT2D eigenvalue weighted by Gasteiger charge is 2.25. The molecule has 0 unspecified atom stereocenters. The van der Waals surface area contributed by atoms with E-state index in [1.807, 2.05) is 13.8 Å². The number of amides is 1. The van der Waals surface area contributed by atoms with Crippen LogP contribution < -0.4 is 4.90 Å². The largest absolute Gasteiger partial charge is 0.371 e. The Morgan fingerprint density at radius 3 is 2.43 bits per heavy atom. The third-order valence-corrected chi connectivity index (χ3v) is 4.60. The minimum Gasteiger partial charge on any atom is -0.371 e. The van der Waals surface area contributed by atoms with E-state index in [0.717, 1.165) is 31.6 Å². The third kappa shape index (κ3) is 3.81. The van der Waals surface area contributed by atoms with E-state index < -0.39 is 4.92 Å². The summed E-state index contributed by atoms with van der Waals surface area (Å²) in [6.45, 7) is 9.02. The summed E-state index contributed by atoms with van der Waals surface area (Å²) < 4.78 is 0. The topological polar surface area (TPSA) is 66.7 Å². The number of nitro benzene ring substituents is 1. The average molecular weight is 319 g/mol. The van der Waals surface area contributed by atoms with Crippen molar-refractivity contribution in [2.24, 2.45) is 5.92 Å². The zero-order valence-corrected chi connectivity index (χ0v) is 14.1. The normalized spacial score (nSPS) is 15.5. The summed E-state index contributed by atoms with van der Waals surface area (Å²) in [6.07, 6.45) is 2.16. The summed E-state index contributed by atoms with van der Waals surface area (Å²) in [6, 6.07) is 4.64. The zero-order chi connectivity index (χ0) is 17.0. The fourth-order valence-corrected chi connectivity index (χ4v) is 3.02. The number of rotatable bonds is 5. The Hall–Kier alpha value is -2.11. The molecule has 1 amide bonds. The van der Waals surface area contributed by atoms with Crippen LogP contribution in [0.1, 0.15) is 44.0 Å². The van der Waals surface area contributed by atoms with E-state index in [4.69, 9.17) is 0 Å². The van der Waals surface area contributed by atoms with Crippen LogP contribution in [0.3, 0.4) is 0 Å². The second-order valence-electron chi connectivity index (χ2n) is 6.11. The van der Waals surface area contributed by atoms with Gasteiger partial charge in [0.25, 0.3) is 11.6 Å². The fourth-order valence-electron chi connectivity index (χ4n) is 3.02. The molecule has 126 valence electrons. The second-order valence-corrected chi connectivity index (χ2v) is 6.11. The van der Waals surface area contributed by atoms with Crippen LogP contribution in [0.15, 0.2) is 18.2 Å². The first-order valence-corrected chi connectivity index (χ1v) is 8.30. The molecule has 1 aliphatic rings. The molecule has 1 heterocycles. The van der Waals surface area contributed by atoms with Crippen molar-refractivity contribution in [3.05, 3.63) is 33.9 Å². The predicted molar refractivity (Wildman–Crippen MR) is 91.0 cm³/mol. The van der Waals surface area contributed by atoms with E-state index in [1.165, 1.54) is 12.1 Å². The summed E-state index contributed by atoms with van der Waals surface area (Å²) in [5.41, 5.74) is 1.23. The van der Waals surface area contributed by atoms with Gasteiger partial charge in [-0.1, -0.05) is 6.92 Å². The lowest BCUT2D eigenvalue weighted by Gasteiger charge is -2.33. The predicted octanol–water partition coefficient (Wildman–Crippen LogP) is 3.31. The van der Waals surface area contributed by atoms with Gasteiger partial charge in [0, 0.05) is 38.3 Å².